The van der Waals surface area contributed by atoms with Gasteiger partial charge in [-0.1, -0.05) is 0 Å². The molecule has 0 saturated carbocycles. The topological polar surface area (TPSA) is 44.5 Å². The minimum atomic E-state index is -0.278. The fourth-order valence-corrected chi connectivity index (χ4v) is 1.20. The van der Waals surface area contributed by atoms with Crippen LogP contribution in [0.1, 0.15) is 27.2 Å². The largest absolute Gasteiger partial charge is 0.379 e. The molecule has 0 radical (unpaired) electrons. The van der Waals surface area contributed by atoms with Crippen LogP contribution in [0.3, 0.4) is 0 Å². The van der Waals surface area contributed by atoms with Gasteiger partial charge in [-0.2, -0.15) is 0 Å². The predicted molar refractivity (Wildman–Crippen MR) is 50.2 cm³/mol. The van der Waals surface area contributed by atoms with Gasteiger partial charge in [0, 0.05) is 27.2 Å². The van der Waals surface area contributed by atoms with E-state index in [4.69, 9.17) is 15.2 Å². The highest BCUT2D eigenvalue weighted by molar-refractivity contribution is 4.84. The van der Waals surface area contributed by atoms with Crippen molar-refractivity contribution >= 4 is 0 Å². The van der Waals surface area contributed by atoms with Crippen molar-refractivity contribution in [2.24, 2.45) is 5.73 Å². The van der Waals surface area contributed by atoms with E-state index in [1.54, 1.807) is 14.2 Å². The average Bonchev–Trinajstić information content (AvgIpc) is 2.04. The Balaban J connectivity index is 4.20. The number of ether oxygens (including phenoxy) is 2. The molecule has 2 N–H and O–H groups in total. The average molecular weight is 175 g/mol. The standard InChI is InChI=1S/C9H21NO2/c1-8(2,11-4)6-9(3,7-10)12-5/h6-7,10H2,1-5H3. The quantitative estimate of drug-likeness (QED) is 0.682. The van der Waals surface area contributed by atoms with E-state index < -0.39 is 0 Å². The molecule has 0 spiro atoms. The summed E-state index contributed by atoms with van der Waals surface area (Å²) in [5, 5.41) is 0. The Kier molecular flexibility index (Phi) is 4.17. The smallest absolute Gasteiger partial charge is 0.0799 e. The van der Waals surface area contributed by atoms with Crippen molar-refractivity contribution in [2.75, 3.05) is 20.8 Å². The second-order valence-corrected chi connectivity index (χ2v) is 4.00. The highest BCUT2D eigenvalue weighted by atomic mass is 16.5. The maximum atomic E-state index is 5.60. The van der Waals surface area contributed by atoms with Crippen LogP contribution in [-0.2, 0) is 9.47 Å². The number of hydrogen-bond donors (Lipinski definition) is 1. The Morgan fingerprint density at radius 3 is 1.83 bits per heavy atom. The predicted octanol–water partition coefficient (Wildman–Crippen LogP) is 1.17. The van der Waals surface area contributed by atoms with E-state index in [-0.39, 0.29) is 11.2 Å². The Hall–Kier alpha value is -0.120. The number of methoxy groups -OCH3 is 2. The zero-order valence-electron chi connectivity index (χ0n) is 8.81. The molecule has 0 aromatic heterocycles. The van der Waals surface area contributed by atoms with Crippen molar-refractivity contribution in [2.45, 2.75) is 38.4 Å². The Morgan fingerprint density at radius 2 is 1.58 bits per heavy atom. The summed E-state index contributed by atoms with van der Waals surface area (Å²) < 4.78 is 10.6. The lowest BCUT2D eigenvalue weighted by molar-refractivity contribution is -0.0736. The zero-order valence-corrected chi connectivity index (χ0v) is 8.81. The summed E-state index contributed by atoms with van der Waals surface area (Å²) in [6.45, 7) is 6.56. The normalized spacial score (nSPS) is 17.5. The van der Waals surface area contributed by atoms with Crippen molar-refractivity contribution < 1.29 is 9.47 Å². The molecule has 3 nitrogen and oxygen atoms in total. The lowest BCUT2D eigenvalue weighted by Gasteiger charge is -2.34. The first-order valence-corrected chi connectivity index (χ1v) is 4.19. The first-order chi connectivity index (χ1) is 5.39. The van der Waals surface area contributed by atoms with Gasteiger partial charge in [0.2, 0.25) is 0 Å². The molecule has 0 amide bonds. The van der Waals surface area contributed by atoms with Gasteiger partial charge in [0.15, 0.2) is 0 Å². The van der Waals surface area contributed by atoms with Crippen LogP contribution in [0.5, 0.6) is 0 Å². The fourth-order valence-electron chi connectivity index (χ4n) is 1.20. The molecule has 12 heavy (non-hydrogen) atoms. The molecule has 1 unspecified atom stereocenters. The fraction of sp³-hybridized carbons (Fsp3) is 1.00. The van der Waals surface area contributed by atoms with E-state index in [9.17, 15) is 0 Å². The molecule has 0 heterocycles. The molecule has 0 aromatic rings. The minimum absolute atomic E-state index is 0.176. The van der Waals surface area contributed by atoms with E-state index in [0.717, 1.165) is 6.42 Å². The highest BCUT2D eigenvalue weighted by Gasteiger charge is 2.31. The van der Waals surface area contributed by atoms with Crippen LogP contribution in [0.25, 0.3) is 0 Å². The number of nitrogens with two attached hydrogens (primary N) is 1. The van der Waals surface area contributed by atoms with Gasteiger partial charge in [-0.3, -0.25) is 0 Å². The third-order valence-corrected chi connectivity index (χ3v) is 2.28. The molecule has 74 valence electrons. The lowest BCUT2D eigenvalue weighted by atomic mass is 9.90. The van der Waals surface area contributed by atoms with Crippen LogP contribution >= 0.6 is 0 Å². The second-order valence-electron chi connectivity index (χ2n) is 4.00. The molecule has 0 aromatic carbocycles. The molecule has 0 aliphatic rings. The van der Waals surface area contributed by atoms with Crippen LogP contribution in [0.4, 0.5) is 0 Å². The number of rotatable bonds is 5. The van der Waals surface area contributed by atoms with Gasteiger partial charge in [0.25, 0.3) is 0 Å². The summed E-state index contributed by atoms with van der Waals surface area (Å²) in [7, 11) is 3.38. The highest BCUT2D eigenvalue weighted by Crippen LogP contribution is 2.24. The Bertz CT molecular complexity index is 130. The van der Waals surface area contributed by atoms with Gasteiger partial charge < -0.3 is 15.2 Å². The van der Waals surface area contributed by atoms with Crippen molar-refractivity contribution in [1.29, 1.82) is 0 Å². The van der Waals surface area contributed by atoms with Gasteiger partial charge >= 0.3 is 0 Å². The van der Waals surface area contributed by atoms with Gasteiger partial charge in [0.1, 0.15) is 0 Å². The zero-order chi connectivity index (χ0) is 9.83. The maximum Gasteiger partial charge on any atom is 0.0799 e. The van der Waals surface area contributed by atoms with Crippen LogP contribution in [0, 0.1) is 0 Å². The van der Waals surface area contributed by atoms with Gasteiger partial charge in [0.05, 0.1) is 11.2 Å². The molecular weight excluding hydrogens is 154 g/mol. The molecule has 0 aliphatic heterocycles. The summed E-state index contributed by atoms with van der Waals surface area (Å²) in [5.41, 5.74) is 5.14. The first kappa shape index (κ1) is 11.9. The van der Waals surface area contributed by atoms with Crippen LogP contribution in [0.15, 0.2) is 0 Å². The Labute approximate surface area is 75.2 Å². The summed E-state index contributed by atoms with van der Waals surface area (Å²) in [5.74, 6) is 0. The van der Waals surface area contributed by atoms with E-state index >= 15 is 0 Å². The number of hydrogen-bond acceptors (Lipinski definition) is 3. The van der Waals surface area contributed by atoms with Crippen molar-refractivity contribution in [3.8, 4) is 0 Å². The minimum Gasteiger partial charge on any atom is -0.379 e. The van der Waals surface area contributed by atoms with Crippen LogP contribution < -0.4 is 5.73 Å². The summed E-state index contributed by atoms with van der Waals surface area (Å²) in [6.07, 6.45) is 0.795. The monoisotopic (exact) mass is 175 g/mol. The summed E-state index contributed by atoms with van der Waals surface area (Å²) in [6, 6.07) is 0. The Morgan fingerprint density at radius 1 is 1.08 bits per heavy atom. The van der Waals surface area contributed by atoms with Gasteiger partial charge in [-0.15, -0.1) is 0 Å². The molecular formula is C9H21NO2. The molecule has 1 atom stereocenters. The SMILES string of the molecule is COC(C)(C)CC(C)(CN)OC. The van der Waals surface area contributed by atoms with Crippen molar-refractivity contribution in [1.82, 2.24) is 0 Å². The second kappa shape index (κ2) is 4.21. The van der Waals surface area contributed by atoms with E-state index in [0.29, 0.717) is 6.54 Å². The van der Waals surface area contributed by atoms with Gasteiger partial charge in [-0.25, -0.2) is 0 Å². The maximum absolute atomic E-state index is 5.60. The van der Waals surface area contributed by atoms with E-state index in [1.807, 2.05) is 20.8 Å². The third-order valence-electron chi connectivity index (χ3n) is 2.28. The molecule has 0 aliphatic carbocycles. The van der Waals surface area contributed by atoms with Crippen molar-refractivity contribution in [3.05, 3.63) is 0 Å². The molecule has 0 bridgehead atoms. The molecule has 0 fully saturated rings. The van der Waals surface area contributed by atoms with Crippen LogP contribution in [-0.4, -0.2) is 32.0 Å². The molecule has 3 heteroatoms. The summed E-state index contributed by atoms with van der Waals surface area (Å²) >= 11 is 0. The summed E-state index contributed by atoms with van der Waals surface area (Å²) in [4.78, 5) is 0. The lowest BCUT2D eigenvalue weighted by Crippen LogP contribution is -2.43. The molecule has 0 rings (SSSR count). The first-order valence-electron chi connectivity index (χ1n) is 4.19. The van der Waals surface area contributed by atoms with E-state index in [1.165, 1.54) is 0 Å². The van der Waals surface area contributed by atoms with Crippen molar-refractivity contribution in [3.63, 3.8) is 0 Å². The van der Waals surface area contributed by atoms with Gasteiger partial charge in [-0.05, 0) is 20.8 Å². The van der Waals surface area contributed by atoms with E-state index in [2.05, 4.69) is 0 Å². The third kappa shape index (κ3) is 3.52. The van der Waals surface area contributed by atoms with Crippen LogP contribution in [0.2, 0.25) is 0 Å². The molecule has 0 saturated heterocycles.